The van der Waals surface area contributed by atoms with Gasteiger partial charge in [0.2, 0.25) is 10.0 Å². The van der Waals surface area contributed by atoms with Gasteiger partial charge in [-0.3, -0.25) is 0 Å². The Morgan fingerprint density at radius 1 is 1.14 bits per heavy atom. The second-order valence-electron chi connectivity index (χ2n) is 4.33. The van der Waals surface area contributed by atoms with Gasteiger partial charge in [0.15, 0.2) is 5.13 Å². The van der Waals surface area contributed by atoms with E-state index in [1.807, 2.05) is 12.1 Å². The van der Waals surface area contributed by atoms with Crippen LogP contribution < -0.4 is 10.5 Å². The zero-order chi connectivity index (χ0) is 15.0. The van der Waals surface area contributed by atoms with E-state index < -0.39 is 10.0 Å². The average molecular weight is 340 g/mol. The smallest absolute Gasteiger partial charge is 0.238 e. The van der Waals surface area contributed by atoms with E-state index in [4.69, 9.17) is 16.7 Å². The molecule has 0 aliphatic carbocycles. The van der Waals surface area contributed by atoms with Crippen molar-refractivity contribution < 1.29 is 8.42 Å². The van der Waals surface area contributed by atoms with Crippen molar-refractivity contribution in [1.82, 2.24) is 4.98 Å². The van der Waals surface area contributed by atoms with Crippen LogP contribution in [0.3, 0.4) is 0 Å². The third kappa shape index (κ3) is 3.16. The van der Waals surface area contributed by atoms with Gasteiger partial charge in [-0.15, -0.1) is 0 Å². The van der Waals surface area contributed by atoms with Crippen LogP contribution in [0.4, 0.5) is 10.8 Å². The van der Waals surface area contributed by atoms with Gasteiger partial charge in [0.25, 0.3) is 0 Å². The quantitative estimate of drug-likeness (QED) is 0.766. The third-order valence-electron chi connectivity index (χ3n) is 2.78. The highest BCUT2D eigenvalue weighted by Gasteiger charge is 2.08. The summed E-state index contributed by atoms with van der Waals surface area (Å²) in [6.45, 7) is 0. The molecule has 0 fully saturated rings. The Hall–Kier alpha value is -1.67. The largest absolute Gasteiger partial charge is 0.332 e. The molecule has 1 aromatic heterocycles. The molecule has 3 N–H and O–H groups in total. The number of thiazole rings is 1. The van der Waals surface area contributed by atoms with Gasteiger partial charge < -0.3 is 5.32 Å². The molecule has 0 atom stereocenters. The van der Waals surface area contributed by atoms with Gasteiger partial charge in [-0.05, 0) is 42.5 Å². The fraction of sp³-hybridized carbons (Fsp3) is 0. The number of halogens is 1. The number of hydrogen-bond acceptors (Lipinski definition) is 5. The van der Waals surface area contributed by atoms with Crippen molar-refractivity contribution in [2.75, 3.05) is 5.32 Å². The minimum Gasteiger partial charge on any atom is -0.332 e. The number of nitrogens with two attached hydrogens (primary N) is 1. The summed E-state index contributed by atoms with van der Waals surface area (Å²) in [6.07, 6.45) is 0. The molecule has 108 valence electrons. The lowest BCUT2D eigenvalue weighted by molar-refractivity contribution is 0.598. The van der Waals surface area contributed by atoms with Crippen LogP contribution in [0.25, 0.3) is 10.2 Å². The lowest BCUT2D eigenvalue weighted by Crippen LogP contribution is -2.11. The molecular formula is C13H10ClN3O2S2. The summed E-state index contributed by atoms with van der Waals surface area (Å²) in [7, 11) is -3.67. The number of nitrogens with zero attached hydrogens (tertiary/aromatic N) is 1. The Balaban J connectivity index is 1.88. The Labute approximate surface area is 130 Å². The molecule has 0 bridgehead atoms. The van der Waals surface area contributed by atoms with Gasteiger partial charge in [0.05, 0.1) is 15.1 Å². The zero-order valence-corrected chi connectivity index (χ0v) is 13.0. The molecule has 0 aliphatic heterocycles. The molecule has 0 amide bonds. The van der Waals surface area contributed by atoms with Crippen molar-refractivity contribution >= 4 is 54.0 Å². The number of rotatable bonds is 3. The van der Waals surface area contributed by atoms with Gasteiger partial charge in [-0.2, -0.15) is 0 Å². The van der Waals surface area contributed by atoms with Crippen molar-refractivity contribution in [2.45, 2.75) is 4.90 Å². The molecule has 0 radical (unpaired) electrons. The Morgan fingerprint density at radius 3 is 2.52 bits per heavy atom. The van der Waals surface area contributed by atoms with Gasteiger partial charge in [0.1, 0.15) is 0 Å². The van der Waals surface area contributed by atoms with Crippen molar-refractivity contribution in [3.63, 3.8) is 0 Å². The van der Waals surface area contributed by atoms with E-state index in [-0.39, 0.29) is 4.90 Å². The van der Waals surface area contributed by atoms with Gasteiger partial charge in [0, 0.05) is 10.7 Å². The maximum atomic E-state index is 11.2. The van der Waals surface area contributed by atoms with E-state index >= 15 is 0 Å². The summed E-state index contributed by atoms with van der Waals surface area (Å²) in [5.41, 5.74) is 1.55. The molecule has 3 rings (SSSR count). The summed E-state index contributed by atoms with van der Waals surface area (Å²) in [5, 5.41) is 9.51. The number of sulfonamides is 1. The molecule has 5 nitrogen and oxygen atoms in total. The number of primary sulfonamides is 1. The van der Waals surface area contributed by atoms with E-state index in [1.54, 1.807) is 18.2 Å². The van der Waals surface area contributed by atoms with Crippen LogP contribution in [0.5, 0.6) is 0 Å². The average Bonchev–Trinajstić information content (AvgIpc) is 2.79. The number of benzene rings is 2. The number of fused-ring (bicyclic) bond motifs is 1. The summed E-state index contributed by atoms with van der Waals surface area (Å²) in [4.78, 5) is 4.49. The zero-order valence-electron chi connectivity index (χ0n) is 10.6. The SMILES string of the molecule is NS(=O)(=O)c1ccc(Nc2nc3cc(Cl)ccc3s2)cc1. The van der Waals surface area contributed by atoms with E-state index in [2.05, 4.69) is 10.3 Å². The maximum Gasteiger partial charge on any atom is 0.238 e. The van der Waals surface area contributed by atoms with Gasteiger partial charge >= 0.3 is 0 Å². The molecule has 0 saturated carbocycles. The van der Waals surface area contributed by atoms with E-state index in [0.29, 0.717) is 10.2 Å². The molecule has 3 aromatic rings. The number of hydrogen-bond donors (Lipinski definition) is 2. The van der Waals surface area contributed by atoms with Crippen LogP contribution in [-0.2, 0) is 10.0 Å². The summed E-state index contributed by atoms with van der Waals surface area (Å²) < 4.78 is 23.4. The predicted molar refractivity (Wildman–Crippen MR) is 85.7 cm³/mol. The number of nitrogens with one attached hydrogen (secondary N) is 1. The summed E-state index contributed by atoms with van der Waals surface area (Å²) >= 11 is 7.41. The highest BCUT2D eigenvalue weighted by molar-refractivity contribution is 7.89. The molecule has 0 aliphatic rings. The van der Waals surface area contributed by atoms with Gasteiger partial charge in [-0.25, -0.2) is 18.5 Å². The minimum atomic E-state index is -3.67. The minimum absolute atomic E-state index is 0.0733. The van der Waals surface area contributed by atoms with E-state index in [9.17, 15) is 8.42 Å². The fourth-order valence-corrected chi connectivity index (χ4v) is 3.35. The number of aromatic nitrogens is 1. The highest BCUT2D eigenvalue weighted by atomic mass is 35.5. The topological polar surface area (TPSA) is 85.1 Å². The van der Waals surface area contributed by atoms with E-state index in [1.165, 1.54) is 23.5 Å². The first-order valence-corrected chi connectivity index (χ1v) is 8.62. The van der Waals surface area contributed by atoms with Gasteiger partial charge in [-0.1, -0.05) is 22.9 Å². The Kier molecular flexibility index (Phi) is 3.58. The molecule has 0 spiro atoms. The fourth-order valence-electron chi connectivity index (χ4n) is 1.81. The Morgan fingerprint density at radius 2 is 1.86 bits per heavy atom. The Bertz CT molecular complexity index is 905. The first-order valence-electron chi connectivity index (χ1n) is 5.88. The normalized spacial score (nSPS) is 11.7. The van der Waals surface area contributed by atoms with Crippen molar-refractivity contribution in [3.8, 4) is 0 Å². The summed E-state index contributed by atoms with van der Waals surface area (Å²) in [6, 6.07) is 11.7. The second kappa shape index (κ2) is 5.27. The molecular weight excluding hydrogens is 330 g/mol. The first-order chi connectivity index (χ1) is 9.91. The van der Waals surface area contributed by atoms with Crippen LogP contribution in [0.2, 0.25) is 5.02 Å². The third-order valence-corrected chi connectivity index (χ3v) is 4.90. The van der Waals surface area contributed by atoms with Crippen LogP contribution >= 0.6 is 22.9 Å². The number of anilines is 2. The molecule has 0 unspecified atom stereocenters. The highest BCUT2D eigenvalue weighted by Crippen LogP contribution is 2.30. The van der Waals surface area contributed by atoms with Crippen LogP contribution in [0.1, 0.15) is 0 Å². The lowest BCUT2D eigenvalue weighted by atomic mass is 10.3. The lowest BCUT2D eigenvalue weighted by Gasteiger charge is -2.03. The van der Waals surface area contributed by atoms with Crippen LogP contribution in [-0.4, -0.2) is 13.4 Å². The summed E-state index contributed by atoms with van der Waals surface area (Å²) in [5.74, 6) is 0. The molecule has 8 heteroatoms. The van der Waals surface area contributed by atoms with Crippen molar-refractivity contribution in [2.24, 2.45) is 5.14 Å². The first kappa shape index (κ1) is 14.3. The maximum absolute atomic E-state index is 11.2. The van der Waals surface area contributed by atoms with Crippen LogP contribution in [0.15, 0.2) is 47.4 Å². The molecule has 21 heavy (non-hydrogen) atoms. The standard InChI is InChI=1S/C13H10ClN3O2S2/c14-8-1-6-12-11(7-8)17-13(20-12)16-9-2-4-10(5-3-9)21(15,18)19/h1-7H,(H,16,17)(H2,15,18,19). The second-order valence-corrected chi connectivity index (χ2v) is 7.35. The monoisotopic (exact) mass is 339 g/mol. The molecule has 2 aromatic carbocycles. The van der Waals surface area contributed by atoms with Crippen LogP contribution in [0, 0.1) is 0 Å². The van der Waals surface area contributed by atoms with Crippen molar-refractivity contribution in [1.29, 1.82) is 0 Å². The van der Waals surface area contributed by atoms with E-state index in [0.717, 1.165) is 15.9 Å². The predicted octanol–water partition coefficient (Wildman–Crippen LogP) is 3.34. The molecule has 1 heterocycles. The molecule has 0 saturated heterocycles. The van der Waals surface area contributed by atoms with Crippen molar-refractivity contribution in [3.05, 3.63) is 47.5 Å².